The molecule has 0 aliphatic rings. The lowest BCUT2D eigenvalue weighted by atomic mass is 9.92. The minimum atomic E-state index is -0.645. The second-order valence-electron chi connectivity index (χ2n) is 6.00. The highest BCUT2D eigenvalue weighted by atomic mass is 16.5. The van der Waals surface area contributed by atoms with Gasteiger partial charge in [-0.05, 0) is 38.5 Å². The van der Waals surface area contributed by atoms with Crippen LogP contribution in [0, 0.1) is 6.92 Å². The second-order valence-corrected chi connectivity index (χ2v) is 6.00. The van der Waals surface area contributed by atoms with Crippen LogP contribution < -0.4 is 10.2 Å². The van der Waals surface area contributed by atoms with Crippen LogP contribution in [0.3, 0.4) is 0 Å². The summed E-state index contributed by atoms with van der Waals surface area (Å²) in [5.74, 6) is -0.530. The number of methoxy groups -OCH3 is 1. The molecule has 2 aromatic rings. The summed E-state index contributed by atoms with van der Waals surface area (Å²) in [6.07, 6.45) is -0.0311. The zero-order chi connectivity index (χ0) is 18.6. The highest BCUT2D eigenvalue weighted by Gasteiger charge is 2.26. The van der Waals surface area contributed by atoms with E-state index in [0.717, 1.165) is 0 Å². The largest absolute Gasteiger partial charge is 0.502 e. The number of esters is 1. The van der Waals surface area contributed by atoms with Crippen LogP contribution in [0.5, 0.6) is 11.5 Å². The smallest absolute Gasteiger partial charge is 0.306 e. The quantitative estimate of drug-likeness (QED) is 0.809. The number of rotatable bonds is 6. The molecule has 0 aliphatic heterocycles. The van der Waals surface area contributed by atoms with Crippen LogP contribution in [-0.2, 0) is 9.53 Å². The molecule has 1 aromatic heterocycles. The molecule has 134 valence electrons. The van der Waals surface area contributed by atoms with Gasteiger partial charge in [0.2, 0.25) is 11.2 Å². The van der Waals surface area contributed by atoms with E-state index in [1.807, 2.05) is 13.8 Å². The predicted octanol–water partition coefficient (Wildman–Crippen LogP) is 3.14. The average molecular weight is 346 g/mol. The van der Waals surface area contributed by atoms with Crippen molar-refractivity contribution in [1.82, 2.24) is 0 Å². The molecule has 0 unspecified atom stereocenters. The lowest BCUT2D eigenvalue weighted by Gasteiger charge is -2.18. The molecule has 1 aromatic carbocycles. The molecule has 0 saturated carbocycles. The number of aryl methyl sites for hydroxylation is 1. The topological polar surface area (TPSA) is 86.0 Å². The fraction of sp³-hybridized carbons (Fsp3) is 0.368. The van der Waals surface area contributed by atoms with Crippen LogP contribution in [0.2, 0.25) is 0 Å². The van der Waals surface area contributed by atoms with E-state index in [1.165, 1.54) is 13.2 Å². The Kier molecular flexibility index (Phi) is 5.85. The summed E-state index contributed by atoms with van der Waals surface area (Å²) in [6, 6.07) is 8.28. The first kappa shape index (κ1) is 18.6. The molecule has 1 N–H and O–H groups in total. The second kappa shape index (κ2) is 7.88. The van der Waals surface area contributed by atoms with Gasteiger partial charge in [-0.25, -0.2) is 0 Å². The van der Waals surface area contributed by atoms with Crippen molar-refractivity contribution in [3.05, 3.63) is 57.6 Å². The third-order valence-corrected chi connectivity index (χ3v) is 3.64. The molecular weight excluding hydrogens is 324 g/mol. The van der Waals surface area contributed by atoms with Crippen molar-refractivity contribution in [3.63, 3.8) is 0 Å². The van der Waals surface area contributed by atoms with Gasteiger partial charge in [-0.3, -0.25) is 9.59 Å². The van der Waals surface area contributed by atoms with E-state index in [2.05, 4.69) is 0 Å². The molecule has 6 heteroatoms. The van der Waals surface area contributed by atoms with Gasteiger partial charge < -0.3 is 19.0 Å². The number of benzene rings is 1. The van der Waals surface area contributed by atoms with E-state index in [9.17, 15) is 14.7 Å². The predicted molar refractivity (Wildman–Crippen MR) is 92.1 cm³/mol. The van der Waals surface area contributed by atoms with Crippen LogP contribution in [0.1, 0.15) is 43.3 Å². The van der Waals surface area contributed by atoms with Gasteiger partial charge in [-0.15, -0.1) is 0 Å². The Morgan fingerprint density at radius 3 is 2.44 bits per heavy atom. The molecule has 0 saturated heterocycles. The first-order valence-electron chi connectivity index (χ1n) is 7.98. The van der Waals surface area contributed by atoms with E-state index < -0.39 is 23.1 Å². The molecule has 6 nitrogen and oxygen atoms in total. The Morgan fingerprint density at radius 2 is 1.88 bits per heavy atom. The van der Waals surface area contributed by atoms with Crippen molar-refractivity contribution in [2.24, 2.45) is 0 Å². The third-order valence-electron chi connectivity index (χ3n) is 3.64. The number of carbonyl (C=O) groups is 1. The molecule has 25 heavy (non-hydrogen) atoms. The first-order chi connectivity index (χ1) is 11.8. The van der Waals surface area contributed by atoms with Crippen LogP contribution in [0.4, 0.5) is 0 Å². The number of carbonyl (C=O) groups excluding carboxylic acids is 1. The van der Waals surface area contributed by atoms with Gasteiger partial charge in [0.05, 0.1) is 25.6 Å². The molecule has 1 heterocycles. The van der Waals surface area contributed by atoms with E-state index in [4.69, 9.17) is 13.9 Å². The van der Waals surface area contributed by atoms with Crippen LogP contribution in [0.25, 0.3) is 0 Å². The zero-order valence-corrected chi connectivity index (χ0v) is 14.7. The van der Waals surface area contributed by atoms with Gasteiger partial charge in [0.25, 0.3) is 0 Å². The number of ether oxygens (including phenoxy) is 2. The standard InChI is InChI=1S/C19H22O6/c1-11(2)24-14-7-5-13(6-8-14)15(10-17(21)23-4)19-18(22)16(20)9-12(3)25-19/h5-9,11,15,22H,10H2,1-4H3/t15-/m1/s1. The summed E-state index contributed by atoms with van der Waals surface area (Å²) in [5, 5.41) is 10.1. The van der Waals surface area contributed by atoms with Gasteiger partial charge in [0, 0.05) is 6.07 Å². The Hall–Kier alpha value is -2.76. The summed E-state index contributed by atoms with van der Waals surface area (Å²) in [6.45, 7) is 5.46. The maximum Gasteiger partial charge on any atom is 0.306 e. The van der Waals surface area contributed by atoms with Crippen LogP contribution >= 0.6 is 0 Å². The first-order valence-corrected chi connectivity index (χ1v) is 7.98. The van der Waals surface area contributed by atoms with Crippen LogP contribution in [-0.4, -0.2) is 24.3 Å². The van der Waals surface area contributed by atoms with Crippen molar-refractivity contribution in [2.75, 3.05) is 7.11 Å². The van der Waals surface area contributed by atoms with E-state index >= 15 is 0 Å². The SMILES string of the molecule is COC(=O)C[C@H](c1ccc(OC(C)C)cc1)c1oc(C)cc(=O)c1O. The van der Waals surface area contributed by atoms with Gasteiger partial charge >= 0.3 is 5.97 Å². The highest BCUT2D eigenvalue weighted by Crippen LogP contribution is 2.34. The molecule has 0 fully saturated rings. The molecule has 2 rings (SSSR count). The summed E-state index contributed by atoms with van der Waals surface area (Å²) in [5.41, 5.74) is 0.152. The van der Waals surface area contributed by atoms with Crippen LogP contribution in [0.15, 0.2) is 39.5 Å². The third kappa shape index (κ3) is 4.62. The number of aromatic hydroxyl groups is 1. The molecule has 0 bridgehead atoms. The summed E-state index contributed by atoms with van der Waals surface area (Å²) < 4.78 is 15.9. The Balaban J connectivity index is 2.46. The van der Waals surface area contributed by atoms with Crippen molar-refractivity contribution in [2.45, 2.75) is 39.2 Å². The molecule has 0 amide bonds. The minimum Gasteiger partial charge on any atom is -0.502 e. The molecule has 0 radical (unpaired) electrons. The van der Waals surface area contributed by atoms with Gasteiger partial charge in [0.1, 0.15) is 11.5 Å². The molecule has 0 aliphatic carbocycles. The molecule has 0 spiro atoms. The molecule has 1 atom stereocenters. The van der Waals surface area contributed by atoms with Crippen molar-refractivity contribution in [1.29, 1.82) is 0 Å². The maximum absolute atomic E-state index is 11.9. The monoisotopic (exact) mass is 346 g/mol. The van der Waals surface area contributed by atoms with Crippen molar-refractivity contribution >= 4 is 5.97 Å². The van der Waals surface area contributed by atoms with E-state index in [0.29, 0.717) is 17.1 Å². The normalized spacial score (nSPS) is 12.0. The fourth-order valence-corrected chi connectivity index (χ4v) is 2.52. The summed E-state index contributed by atoms with van der Waals surface area (Å²) in [4.78, 5) is 23.7. The zero-order valence-electron chi connectivity index (χ0n) is 14.7. The highest BCUT2D eigenvalue weighted by molar-refractivity contribution is 5.71. The molecular formula is C19H22O6. The average Bonchev–Trinajstić information content (AvgIpc) is 2.56. The van der Waals surface area contributed by atoms with Crippen molar-refractivity contribution in [3.8, 4) is 11.5 Å². The van der Waals surface area contributed by atoms with Gasteiger partial charge in [-0.1, -0.05) is 12.1 Å². The lowest BCUT2D eigenvalue weighted by Crippen LogP contribution is -2.13. The van der Waals surface area contributed by atoms with Gasteiger partial charge in [0.15, 0.2) is 5.76 Å². The minimum absolute atomic E-state index is 0.0376. The Morgan fingerprint density at radius 1 is 1.24 bits per heavy atom. The fourth-order valence-electron chi connectivity index (χ4n) is 2.52. The Bertz CT molecular complexity index is 789. The Labute approximate surface area is 146 Å². The summed E-state index contributed by atoms with van der Waals surface area (Å²) >= 11 is 0. The lowest BCUT2D eigenvalue weighted by molar-refractivity contribution is -0.140. The number of hydrogen-bond donors (Lipinski definition) is 1. The van der Waals surface area contributed by atoms with Gasteiger partial charge in [-0.2, -0.15) is 0 Å². The summed E-state index contributed by atoms with van der Waals surface area (Å²) in [7, 11) is 1.28. The maximum atomic E-state index is 11.9. The number of hydrogen-bond acceptors (Lipinski definition) is 6. The van der Waals surface area contributed by atoms with E-state index in [-0.39, 0.29) is 18.3 Å². The van der Waals surface area contributed by atoms with Crippen molar-refractivity contribution < 1.29 is 23.8 Å². The van der Waals surface area contributed by atoms with E-state index in [1.54, 1.807) is 31.2 Å².